The van der Waals surface area contributed by atoms with E-state index in [2.05, 4.69) is 5.32 Å². The van der Waals surface area contributed by atoms with E-state index in [9.17, 15) is 4.79 Å². The highest BCUT2D eigenvalue weighted by molar-refractivity contribution is 6.34. The van der Waals surface area contributed by atoms with Crippen LogP contribution in [0.2, 0.25) is 5.02 Å². The average molecular weight is 280 g/mol. The quantitative estimate of drug-likeness (QED) is 0.841. The van der Waals surface area contributed by atoms with Gasteiger partial charge in [-0.25, -0.2) is 0 Å². The summed E-state index contributed by atoms with van der Waals surface area (Å²) in [4.78, 5) is 12.1. The summed E-state index contributed by atoms with van der Waals surface area (Å²) in [6, 6.07) is 3.94. The molecule has 1 amide bonds. The number of benzene rings is 1. The van der Waals surface area contributed by atoms with E-state index in [0.29, 0.717) is 17.4 Å². The highest BCUT2D eigenvalue weighted by Gasteiger charge is 2.18. The van der Waals surface area contributed by atoms with Crippen LogP contribution in [0.15, 0.2) is 12.1 Å². The second kappa shape index (κ2) is 6.42. The molecule has 1 aromatic rings. The predicted octanol–water partition coefficient (Wildman–Crippen LogP) is 4.87. The summed E-state index contributed by atoms with van der Waals surface area (Å²) in [7, 11) is 0. The molecule has 104 valence electrons. The van der Waals surface area contributed by atoms with Crippen molar-refractivity contribution in [1.82, 2.24) is 0 Å². The molecule has 1 saturated carbocycles. The van der Waals surface area contributed by atoms with E-state index in [4.69, 9.17) is 11.6 Å². The van der Waals surface area contributed by atoms with Gasteiger partial charge in [0.2, 0.25) is 5.91 Å². The van der Waals surface area contributed by atoms with Crippen molar-refractivity contribution in [3.05, 3.63) is 28.3 Å². The third-order valence-electron chi connectivity index (χ3n) is 3.89. The third kappa shape index (κ3) is 3.97. The van der Waals surface area contributed by atoms with Crippen LogP contribution in [0.1, 0.15) is 49.7 Å². The maximum Gasteiger partial charge on any atom is 0.224 e. The van der Waals surface area contributed by atoms with Gasteiger partial charge in [-0.05, 0) is 49.8 Å². The van der Waals surface area contributed by atoms with Gasteiger partial charge in [0, 0.05) is 6.42 Å². The van der Waals surface area contributed by atoms with E-state index in [1.54, 1.807) is 0 Å². The number of rotatable bonds is 3. The summed E-state index contributed by atoms with van der Waals surface area (Å²) in [5, 5.41) is 3.62. The monoisotopic (exact) mass is 279 g/mol. The van der Waals surface area contributed by atoms with Gasteiger partial charge in [0.1, 0.15) is 0 Å². The number of hydrogen-bond donors (Lipinski definition) is 1. The Balaban J connectivity index is 1.98. The number of hydrogen-bond acceptors (Lipinski definition) is 1. The smallest absolute Gasteiger partial charge is 0.224 e. The van der Waals surface area contributed by atoms with Gasteiger partial charge < -0.3 is 5.32 Å². The summed E-state index contributed by atoms with van der Waals surface area (Å²) in [5.41, 5.74) is 2.92. The van der Waals surface area contributed by atoms with E-state index in [1.807, 2.05) is 26.0 Å². The normalized spacial score (nSPS) is 16.4. The zero-order valence-electron chi connectivity index (χ0n) is 11.8. The number of halogens is 1. The molecule has 1 aliphatic rings. The standard InChI is InChI=1S/C16H22ClNO/c1-11-8-12(2)16(14(17)9-11)18-15(19)10-13-6-4-3-5-7-13/h8-9,13H,3-7,10H2,1-2H3,(H,18,19). The lowest BCUT2D eigenvalue weighted by molar-refractivity contribution is -0.117. The Morgan fingerprint density at radius 3 is 2.58 bits per heavy atom. The number of anilines is 1. The van der Waals surface area contributed by atoms with Crippen LogP contribution < -0.4 is 5.32 Å². The fourth-order valence-corrected chi connectivity index (χ4v) is 3.29. The van der Waals surface area contributed by atoms with Gasteiger partial charge in [-0.15, -0.1) is 0 Å². The molecule has 0 atom stereocenters. The molecule has 0 heterocycles. The molecule has 0 bridgehead atoms. The van der Waals surface area contributed by atoms with Crippen LogP contribution in [-0.2, 0) is 4.79 Å². The first-order valence-electron chi connectivity index (χ1n) is 7.13. The van der Waals surface area contributed by atoms with Gasteiger partial charge in [-0.3, -0.25) is 4.79 Å². The summed E-state index contributed by atoms with van der Waals surface area (Å²) in [6.45, 7) is 3.99. The molecule has 2 rings (SSSR count). The Hall–Kier alpha value is -1.02. The Labute approximate surface area is 120 Å². The van der Waals surface area contributed by atoms with Crippen LogP contribution in [0.3, 0.4) is 0 Å². The lowest BCUT2D eigenvalue weighted by Crippen LogP contribution is -2.19. The molecule has 0 aliphatic heterocycles. The van der Waals surface area contributed by atoms with Crippen molar-refractivity contribution in [1.29, 1.82) is 0 Å². The van der Waals surface area contributed by atoms with E-state index in [0.717, 1.165) is 16.8 Å². The summed E-state index contributed by atoms with van der Waals surface area (Å²) in [6.07, 6.45) is 6.86. The molecule has 1 aromatic carbocycles. The molecular formula is C16H22ClNO. The minimum absolute atomic E-state index is 0.0979. The van der Waals surface area contributed by atoms with Crippen LogP contribution in [0, 0.1) is 19.8 Å². The lowest BCUT2D eigenvalue weighted by atomic mass is 9.87. The fraction of sp³-hybridized carbons (Fsp3) is 0.562. The zero-order chi connectivity index (χ0) is 13.8. The number of aryl methyl sites for hydroxylation is 2. The Morgan fingerprint density at radius 1 is 1.26 bits per heavy atom. The first-order chi connectivity index (χ1) is 9.06. The van der Waals surface area contributed by atoms with Crippen molar-refractivity contribution in [2.45, 2.75) is 52.4 Å². The number of carbonyl (C=O) groups excluding carboxylic acids is 1. The molecule has 1 aliphatic carbocycles. The van der Waals surface area contributed by atoms with Crippen molar-refractivity contribution in [2.75, 3.05) is 5.32 Å². The van der Waals surface area contributed by atoms with Gasteiger partial charge >= 0.3 is 0 Å². The van der Waals surface area contributed by atoms with Crippen LogP contribution in [0.4, 0.5) is 5.69 Å². The van der Waals surface area contributed by atoms with Crippen LogP contribution in [0.5, 0.6) is 0 Å². The van der Waals surface area contributed by atoms with Crippen molar-refractivity contribution >= 4 is 23.2 Å². The summed E-state index contributed by atoms with van der Waals surface area (Å²) in [5.74, 6) is 0.652. The van der Waals surface area contributed by atoms with Gasteiger partial charge in [0.25, 0.3) is 0 Å². The van der Waals surface area contributed by atoms with E-state index < -0.39 is 0 Å². The van der Waals surface area contributed by atoms with Gasteiger partial charge in [0.05, 0.1) is 10.7 Å². The van der Waals surface area contributed by atoms with Gasteiger partial charge in [-0.2, -0.15) is 0 Å². The topological polar surface area (TPSA) is 29.1 Å². The SMILES string of the molecule is Cc1cc(C)c(NC(=O)CC2CCCCC2)c(Cl)c1. The zero-order valence-corrected chi connectivity index (χ0v) is 12.5. The second-order valence-corrected chi connectivity index (χ2v) is 6.10. The molecule has 1 N–H and O–H groups in total. The molecule has 0 saturated heterocycles. The Morgan fingerprint density at radius 2 is 1.95 bits per heavy atom. The number of nitrogens with one attached hydrogen (secondary N) is 1. The van der Waals surface area contributed by atoms with Crippen LogP contribution >= 0.6 is 11.6 Å². The molecule has 3 heteroatoms. The van der Waals surface area contributed by atoms with Crippen molar-refractivity contribution in [2.24, 2.45) is 5.92 Å². The molecule has 1 fully saturated rings. The average Bonchev–Trinajstić information content (AvgIpc) is 2.35. The van der Waals surface area contributed by atoms with E-state index in [1.165, 1.54) is 32.1 Å². The van der Waals surface area contributed by atoms with Gasteiger partial charge in [-0.1, -0.05) is 36.9 Å². The number of carbonyl (C=O) groups is 1. The van der Waals surface area contributed by atoms with Crippen molar-refractivity contribution in [3.63, 3.8) is 0 Å². The minimum atomic E-state index is 0.0979. The van der Waals surface area contributed by atoms with Crippen molar-refractivity contribution in [3.8, 4) is 0 Å². The highest BCUT2D eigenvalue weighted by atomic mass is 35.5. The second-order valence-electron chi connectivity index (χ2n) is 5.69. The van der Waals surface area contributed by atoms with Crippen LogP contribution in [0.25, 0.3) is 0 Å². The first kappa shape index (κ1) is 14.4. The van der Waals surface area contributed by atoms with Crippen LogP contribution in [-0.4, -0.2) is 5.91 Å². The number of amides is 1. The first-order valence-corrected chi connectivity index (χ1v) is 7.50. The van der Waals surface area contributed by atoms with E-state index >= 15 is 0 Å². The minimum Gasteiger partial charge on any atom is -0.325 e. The van der Waals surface area contributed by atoms with Gasteiger partial charge in [0.15, 0.2) is 0 Å². The predicted molar refractivity (Wildman–Crippen MR) is 80.7 cm³/mol. The maximum absolute atomic E-state index is 12.1. The Kier molecular flexibility index (Phi) is 4.87. The highest BCUT2D eigenvalue weighted by Crippen LogP contribution is 2.29. The molecule has 0 unspecified atom stereocenters. The third-order valence-corrected chi connectivity index (χ3v) is 4.19. The lowest BCUT2D eigenvalue weighted by Gasteiger charge is -2.21. The molecule has 2 nitrogen and oxygen atoms in total. The molecule has 19 heavy (non-hydrogen) atoms. The maximum atomic E-state index is 12.1. The summed E-state index contributed by atoms with van der Waals surface area (Å²) >= 11 is 6.21. The molecule has 0 aromatic heterocycles. The van der Waals surface area contributed by atoms with Crippen molar-refractivity contribution < 1.29 is 4.79 Å². The molecule has 0 radical (unpaired) electrons. The summed E-state index contributed by atoms with van der Waals surface area (Å²) < 4.78 is 0. The Bertz CT molecular complexity index is 441. The van der Waals surface area contributed by atoms with E-state index in [-0.39, 0.29) is 5.91 Å². The largest absolute Gasteiger partial charge is 0.325 e. The molecular weight excluding hydrogens is 258 g/mol. The fourth-order valence-electron chi connectivity index (χ4n) is 2.92. The molecule has 0 spiro atoms.